The van der Waals surface area contributed by atoms with Gasteiger partial charge in [0.25, 0.3) is 0 Å². The van der Waals surface area contributed by atoms with Crippen molar-refractivity contribution < 1.29 is 4.57 Å². The van der Waals surface area contributed by atoms with Crippen LogP contribution in [0.25, 0.3) is 11.3 Å². The van der Waals surface area contributed by atoms with E-state index in [0.717, 1.165) is 0 Å². The minimum atomic E-state index is 1.31. The van der Waals surface area contributed by atoms with Gasteiger partial charge in [0.1, 0.15) is 7.05 Å². The third-order valence-electron chi connectivity index (χ3n) is 4.09. The van der Waals surface area contributed by atoms with Crippen LogP contribution in [-0.4, -0.2) is 0 Å². The normalized spacial score (nSPS) is 10.8. The highest BCUT2D eigenvalue weighted by atomic mass is 14.9. The fourth-order valence-corrected chi connectivity index (χ4v) is 2.59. The molecule has 0 radical (unpaired) electrons. The van der Waals surface area contributed by atoms with Crippen LogP contribution in [0.5, 0.6) is 0 Å². The van der Waals surface area contributed by atoms with Crippen LogP contribution < -0.4 is 4.57 Å². The molecule has 0 saturated carbocycles. The molecule has 0 aliphatic carbocycles. The lowest BCUT2D eigenvalue weighted by Gasteiger charge is -2.12. The van der Waals surface area contributed by atoms with Gasteiger partial charge in [-0.2, -0.15) is 4.57 Å². The Morgan fingerprint density at radius 2 is 1.39 bits per heavy atom. The molecule has 0 spiro atoms. The van der Waals surface area contributed by atoms with E-state index < -0.39 is 0 Å². The summed E-state index contributed by atoms with van der Waals surface area (Å²) in [6, 6.07) is 8.81. The Kier molecular flexibility index (Phi) is 3.25. The summed E-state index contributed by atoms with van der Waals surface area (Å²) in [5.41, 5.74) is 9.45. The molecule has 2 aromatic rings. The van der Waals surface area contributed by atoms with E-state index in [0.29, 0.717) is 0 Å². The molecule has 18 heavy (non-hydrogen) atoms. The Morgan fingerprint density at radius 1 is 0.833 bits per heavy atom. The van der Waals surface area contributed by atoms with E-state index in [1.807, 2.05) is 0 Å². The van der Waals surface area contributed by atoms with Gasteiger partial charge < -0.3 is 0 Å². The van der Waals surface area contributed by atoms with E-state index in [4.69, 9.17) is 0 Å². The Hall–Kier alpha value is -1.63. The molecular formula is C17H22N+. The molecule has 0 aliphatic rings. The highest BCUT2D eigenvalue weighted by molar-refractivity contribution is 5.66. The number of aromatic nitrogens is 1. The van der Waals surface area contributed by atoms with Crippen LogP contribution in [-0.2, 0) is 7.05 Å². The van der Waals surface area contributed by atoms with Gasteiger partial charge in [-0.25, -0.2) is 0 Å². The second-order valence-electron chi connectivity index (χ2n) is 5.25. The molecule has 0 bridgehead atoms. The third-order valence-corrected chi connectivity index (χ3v) is 4.09. The van der Waals surface area contributed by atoms with Crippen LogP contribution in [0.15, 0.2) is 24.3 Å². The lowest BCUT2D eigenvalue weighted by molar-refractivity contribution is -0.667. The first kappa shape index (κ1) is 12.8. The standard InChI is InChI=1S/C17H22N/c1-11-8-7-9-12(2)17(11)16-10-13(3)14(4)15(5)18(16)6/h7-10H,1-6H3/q+1. The maximum Gasteiger partial charge on any atom is 0.213 e. The number of pyridine rings is 1. The molecule has 94 valence electrons. The summed E-state index contributed by atoms with van der Waals surface area (Å²) in [6.07, 6.45) is 0. The molecule has 0 aliphatic heterocycles. The number of aryl methyl sites for hydroxylation is 3. The lowest BCUT2D eigenvalue weighted by Crippen LogP contribution is -2.36. The van der Waals surface area contributed by atoms with Crippen molar-refractivity contribution in [1.82, 2.24) is 0 Å². The maximum atomic E-state index is 2.30. The fraction of sp³-hybridized carbons (Fsp3) is 0.353. The van der Waals surface area contributed by atoms with Gasteiger partial charge in [0, 0.05) is 18.6 Å². The van der Waals surface area contributed by atoms with Crippen molar-refractivity contribution in [2.45, 2.75) is 34.6 Å². The van der Waals surface area contributed by atoms with E-state index in [1.165, 1.54) is 39.2 Å². The van der Waals surface area contributed by atoms with Gasteiger partial charge in [0.2, 0.25) is 5.69 Å². The van der Waals surface area contributed by atoms with Crippen molar-refractivity contribution in [2.24, 2.45) is 7.05 Å². The van der Waals surface area contributed by atoms with E-state index in [9.17, 15) is 0 Å². The molecule has 0 fully saturated rings. The highest BCUT2D eigenvalue weighted by Crippen LogP contribution is 2.26. The second kappa shape index (κ2) is 4.56. The minimum absolute atomic E-state index is 1.31. The number of benzene rings is 1. The summed E-state index contributed by atoms with van der Waals surface area (Å²) in [5, 5.41) is 0. The molecule has 1 heterocycles. The van der Waals surface area contributed by atoms with Crippen molar-refractivity contribution in [3.05, 3.63) is 52.2 Å². The summed E-state index contributed by atoms with van der Waals surface area (Å²) in [6.45, 7) is 11.0. The highest BCUT2D eigenvalue weighted by Gasteiger charge is 2.19. The first-order valence-electron chi connectivity index (χ1n) is 6.47. The van der Waals surface area contributed by atoms with E-state index >= 15 is 0 Å². The lowest BCUT2D eigenvalue weighted by atomic mass is 9.96. The monoisotopic (exact) mass is 240 g/mol. The minimum Gasteiger partial charge on any atom is -0.198 e. The van der Waals surface area contributed by atoms with Crippen LogP contribution in [0.1, 0.15) is 27.9 Å². The molecule has 0 saturated heterocycles. The van der Waals surface area contributed by atoms with Gasteiger partial charge in [-0.1, -0.05) is 18.2 Å². The molecular weight excluding hydrogens is 218 g/mol. The molecule has 1 heteroatoms. The zero-order valence-corrected chi connectivity index (χ0v) is 12.3. The fourth-order valence-electron chi connectivity index (χ4n) is 2.59. The number of nitrogens with zero attached hydrogens (tertiary/aromatic N) is 1. The Labute approximate surface area is 110 Å². The van der Waals surface area contributed by atoms with E-state index in [-0.39, 0.29) is 0 Å². The molecule has 1 aromatic heterocycles. The van der Waals surface area contributed by atoms with Crippen LogP contribution >= 0.6 is 0 Å². The maximum absolute atomic E-state index is 2.30. The van der Waals surface area contributed by atoms with E-state index in [2.05, 4.69) is 70.5 Å². The summed E-state index contributed by atoms with van der Waals surface area (Å²) in [4.78, 5) is 0. The van der Waals surface area contributed by atoms with Crippen LogP contribution in [0, 0.1) is 34.6 Å². The van der Waals surface area contributed by atoms with Gasteiger partial charge in [0.05, 0.1) is 5.56 Å². The molecule has 2 rings (SSSR count). The molecule has 1 nitrogen and oxygen atoms in total. The summed E-state index contributed by atoms with van der Waals surface area (Å²) in [7, 11) is 2.16. The average Bonchev–Trinajstić information content (AvgIpc) is 2.32. The third kappa shape index (κ3) is 1.94. The summed E-state index contributed by atoms with van der Waals surface area (Å²) in [5.74, 6) is 0. The van der Waals surface area contributed by atoms with Gasteiger partial charge >= 0.3 is 0 Å². The zero-order chi connectivity index (χ0) is 13.4. The van der Waals surface area contributed by atoms with Crippen molar-refractivity contribution in [3.8, 4) is 11.3 Å². The van der Waals surface area contributed by atoms with Crippen molar-refractivity contribution in [3.63, 3.8) is 0 Å². The van der Waals surface area contributed by atoms with Gasteiger partial charge in [0.15, 0.2) is 5.69 Å². The molecule has 0 unspecified atom stereocenters. The van der Waals surface area contributed by atoms with Crippen LogP contribution in [0.4, 0.5) is 0 Å². The van der Waals surface area contributed by atoms with Crippen LogP contribution in [0.3, 0.4) is 0 Å². The Bertz CT molecular complexity index is 589. The smallest absolute Gasteiger partial charge is 0.198 e. The topological polar surface area (TPSA) is 3.88 Å². The van der Waals surface area contributed by atoms with Crippen molar-refractivity contribution >= 4 is 0 Å². The van der Waals surface area contributed by atoms with Gasteiger partial charge in [-0.3, -0.25) is 0 Å². The molecule has 0 atom stereocenters. The zero-order valence-electron chi connectivity index (χ0n) is 12.3. The van der Waals surface area contributed by atoms with Crippen LogP contribution in [0.2, 0.25) is 0 Å². The Morgan fingerprint density at radius 3 is 1.94 bits per heavy atom. The average molecular weight is 240 g/mol. The Balaban J connectivity index is 2.80. The van der Waals surface area contributed by atoms with Gasteiger partial charge in [-0.05, 0) is 44.4 Å². The first-order chi connectivity index (χ1) is 8.43. The predicted octanol–water partition coefficient (Wildman–Crippen LogP) is 3.72. The first-order valence-corrected chi connectivity index (χ1v) is 6.47. The quantitative estimate of drug-likeness (QED) is 0.669. The predicted molar refractivity (Wildman–Crippen MR) is 76.7 cm³/mol. The number of hydrogen-bond acceptors (Lipinski definition) is 0. The van der Waals surface area contributed by atoms with Crippen molar-refractivity contribution in [2.75, 3.05) is 0 Å². The second-order valence-corrected chi connectivity index (χ2v) is 5.25. The molecule has 1 aromatic carbocycles. The SMILES string of the molecule is Cc1cc(-c2c(C)cccc2C)[n+](C)c(C)c1C. The largest absolute Gasteiger partial charge is 0.213 e. The number of rotatable bonds is 1. The van der Waals surface area contributed by atoms with Crippen molar-refractivity contribution in [1.29, 1.82) is 0 Å². The van der Waals surface area contributed by atoms with Gasteiger partial charge in [-0.15, -0.1) is 0 Å². The number of hydrogen-bond donors (Lipinski definition) is 0. The molecule has 0 amide bonds. The van der Waals surface area contributed by atoms with E-state index in [1.54, 1.807) is 0 Å². The summed E-state index contributed by atoms with van der Waals surface area (Å²) >= 11 is 0. The summed E-state index contributed by atoms with van der Waals surface area (Å²) < 4.78 is 2.30. The molecule has 0 N–H and O–H groups in total.